The molecular weight excluding hydrogens is 420 g/mol. The van der Waals surface area contributed by atoms with Gasteiger partial charge in [0.2, 0.25) is 5.28 Å². The van der Waals surface area contributed by atoms with Crippen molar-refractivity contribution in [2.75, 3.05) is 37.7 Å². The monoisotopic (exact) mass is 444 g/mol. The van der Waals surface area contributed by atoms with E-state index in [0.717, 1.165) is 60.7 Å². The minimum absolute atomic E-state index is 0.207. The highest BCUT2D eigenvalue weighted by Gasteiger charge is 2.26. The van der Waals surface area contributed by atoms with Gasteiger partial charge in [-0.2, -0.15) is 4.98 Å². The van der Waals surface area contributed by atoms with Crippen LogP contribution in [0, 0.1) is 6.92 Å². The van der Waals surface area contributed by atoms with Gasteiger partial charge < -0.3 is 9.64 Å². The van der Waals surface area contributed by atoms with E-state index < -0.39 is 0 Å². The lowest BCUT2D eigenvalue weighted by atomic mass is 10.1. The van der Waals surface area contributed by atoms with E-state index in [0.29, 0.717) is 11.5 Å². The summed E-state index contributed by atoms with van der Waals surface area (Å²) >= 11 is 7.56. The molecule has 3 aromatic rings. The van der Waals surface area contributed by atoms with E-state index in [-0.39, 0.29) is 11.3 Å². The van der Waals surface area contributed by atoms with Crippen LogP contribution >= 0.6 is 22.9 Å². The van der Waals surface area contributed by atoms with Crippen molar-refractivity contribution in [3.05, 3.63) is 51.6 Å². The highest BCUT2D eigenvalue weighted by Crippen LogP contribution is 2.37. The van der Waals surface area contributed by atoms with Crippen LogP contribution in [0.5, 0.6) is 0 Å². The Kier molecular flexibility index (Phi) is 6.51. The molecule has 0 atom stereocenters. The minimum atomic E-state index is -0.299. The second-order valence-corrected chi connectivity index (χ2v) is 8.77. The summed E-state index contributed by atoms with van der Waals surface area (Å²) in [6.45, 7) is 8.84. The smallest absolute Gasteiger partial charge is 0.348 e. The number of anilines is 1. The normalized spacial score (nSPS) is 15.0. The molecule has 0 spiro atoms. The molecule has 0 amide bonds. The van der Waals surface area contributed by atoms with Crippen molar-refractivity contribution in [3.63, 3.8) is 0 Å². The van der Waals surface area contributed by atoms with Gasteiger partial charge in [-0.05, 0) is 36.1 Å². The zero-order valence-corrected chi connectivity index (χ0v) is 18.8. The number of hydrogen-bond acceptors (Lipinski definition) is 7. The second-order valence-electron chi connectivity index (χ2n) is 7.44. The SMILES string of the molecule is CCCOC(=O)c1sc2nc(Cl)nc(N3CCN(Cc4ccccc4)CC3)c2c1C. The summed E-state index contributed by atoms with van der Waals surface area (Å²) < 4.78 is 5.34. The van der Waals surface area contributed by atoms with E-state index in [2.05, 4.69) is 44.0 Å². The van der Waals surface area contributed by atoms with Crippen LogP contribution in [-0.2, 0) is 11.3 Å². The van der Waals surface area contributed by atoms with Crippen molar-refractivity contribution in [2.45, 2.75) is 26.8 Å². The Bertz CT molecular complexity index is 1030. The van der Waals surface area contributed by atoms with Gasteiger partial charge in [0.15, 0.2) is 0 Å². The van der Waals surface area contributed by atoms with Crippen LogP contribution < -0.4 is 4.90 Å². The molecule has 30 heavy (non-hydrogen) atoms. The van der Waals surface area contributed by atoms with Crippen LogP contribution in [0.25, 0.3) is 10.2 Å². The molecule has 2 aromatic heterocycles. The molecule has 158 valence electrons. The third-order valence-corrected chi connectivity index (χ3v) is 6.62. The van der Waals surface area contributed by atoms with Gasteiger partial charge in [0.1, 0.15) is 15.5 Å². The molecule has 0 aliphatic carbocycles. The van der Waals surface area contributed by atoms with Crippen LogP contribution in [0.15, 0.2) is 30.3 Å². The number of carbonyl (C=O) groups excluding carboxylic acids is 1. The predicted molar refractivity (Wildman–Crippen MR) is 122 cm³/mol. The maximum absolute atomic E-state index is 12.5. The Labute approximate surface area is 185 Å². The van der Waals surface area contributed by atoms with E-state index in [1.807, 2.05) is 19.9 Å². The Morgan fingerprint density at radius 2 is 1.90 bits per heavy atom. The van der Waals surface area contributed by atoms with Crippen LogP contribution in [0.2, 0.25) is 5.28 Å². The van der Waals surface area contributed by atoms with Gasteiger partial charge in [-0.15, -0.1) is 11.3 Å². The number of piperazine rings is 1. The summed E-state index contributed by atoms with van der Waals surface area (Å²) in [4.78, 5) is 27.4. The third kappa shape index (κ3) is 4.43. The number of halogens is 1. The maximum atomic E-state index is 12.5. The first-order valence-corrected chi connectivity index (χ1v) is 11.4. The fourth-order valence-corrected chi connectivity index (χ4v) is 5.02. The molecule has 0 saturated carbocycles. The summed E-state index contributed by atoms with van der Waals surface area (Å²) in [5, 5.41) is 1.11. The van der Waals surface area contributed by atoms with Crippen molar-refractivity contribution in [3.8, 4) is 0 Å². The quantitative estimate of drug-likeness (QED) is 0.411. The number of hydrogen-bond donors (Lipinski definition) is 0. The molecule has 1 aromatic carbocycles. The van der Waals surface area contributed by atoms with E-state index in [9.17, 15) is 4.79 Å². The van der Waals surface area contributed by atoms with E-state index in [1.165, 1.54) is 16.9 Å². The maximum Gasteiger partial charge on any atom is 0.348 e. The number of aromatic nitrogens is 2. The molecule has 4 rings (SSSR count). The Morgan fingerprint density at radius 1 is 1.17 bits per heavy atom. The zero-order valence-electron chi connectivity index (χ0n) is 17.2. The lowest BCUT2D eigenvalue weighted by molar-refractivity contribution is 0.0510. The standard InChI is InChI=1S/C22H25ClN4O2S/c1-3-13-29-21(28)18-15(2)17-19(24-22(23)25-20(17)30-18)27-11-9-26(10-12-27)14-16-7-5-4-6-8-16/h4-8H,3,9-14H2,1-2H3. The van der Waals surface area contributed by atoms with Crippen molar-refractivity contribution >= 4 is 44.9 Å². The topological polar surface area (TPSA) is 58.6 Å². The zero-order chi connectivity index (χ0) is 21.1. The molecule has 1 saturated heterocycles. The number of thiophene rings is 1. The average Bonchev–Trinajstić information content (AvgIpc) is 3.09. The molecule has 0 N–H and O–H groups in total. The van der Waals surface area contributed by atoms with Crippen molar-refractivity contribution in [2.24, 2.45) is 0 Å². The van der Waals surface area contributed by atoms with Gasteiger partial charge in [0.05, 0.1) is 12.0 Å². The number of ether oxygens (including phenoxy) is 1. The van der Waals surface area contributed by atoms with E-state index in [4.69, 9.17) is 16.3 Å². The van der Waals surface area contributed by atoms with E-state index in [1.54, 1.807) is 0 Å². The minimum Gasteiger partial charge on any atom is -0.462 e. The summed E-state index contributed by atoms with van der Waals surface area (Å²) in [7, 11) is 0. The molecule has 0 radical (unpaired) electrons. The van der Waals surface area contributed by atoms with E-state index >= 15 is 0 Å². The molecule has 0 unspecified atom stereocenters. The lowest BCUT2D eigenvalue weighted by Gasteiger charge is -2.35. The molecule has 1 aliphatic heterocycles. The fourth-order valence-electron chi connectivity index (χ4n) is 3.74. The Balaban J connectivity index is 1.55. The van der Waals surface area contributed by atoms with Gasteiger partial charge in [-0.1, -0.05) is 37.3 Å². The molecular formula is C22H25ClN4O2S. The number of aryl methyl sites for hydroxylation is 1. The summed E-state index contributed by atoms with van der Waals surface area (Å²) in [5.74, 6) is 0.514. The van der Waals surface area contributed by atoms with Crippen LogP contribution in [0.4, 0.5) is 5.82 Å². The first-order valence-electron chi connectivity index (χ1n) is 10.2. The van der Waals surface area contributed by atoms with Crippen molar-refractivity contribution in [1.82, 2.24) is 14.9 Å². The first-order chi connectivity index (χ1) is 14.6. The summed E-state index contributed by atoms with van der Waals surface area (Å²) in [5.41, 5.74) is 2.19. The van der Waals surface area contributed by atoms with Crippen LogP contribution in [0.1, 0.15) is 34.1 Å². The highest BCUT2D eigenvalue weighted by atomic mass is 35.5. The highest BCUT2D eigenvalue weighted by molar-refractivity contribution is 7.20. The van der Waals surface area contributed by atoms with Crippen molar-refractivity contribution < 1.29 is 9.53 Å². The molecule has 1 aliphatic rings. The van der Waals surface area contributed by atoms with Gasteiger partial charge in [-0.25, -0.2) is 9.78 Å². The molecule has 0 bridgehead atoms. The fraction of sp³-hybridized carbons (Fsp3) is 0.409. The Hall–Kier alpha value is -2.22. The van der Waals surface area contributed by atoms with Gasteiger partial charge >= 0.3 is 5.97 Å². The molecule has 1 fully saturated rings. The third-order valence-electron chi connectivity index (χ3n) is 5.29. The summed E-state index contributed by atoms with van der Waals surface area (Å²) in [6.07, 6.45) is 0.791. The number of rotatable bonds is 6. The predicted octanol–water partition coefficient (Wildman–Crippen LogP) is 4.54. The number of carbonyl (C=O) groups is 1. The number of benzene rings is 1. The Morgan fingerprint density at radius 3 is 2.60 bits per heavy atom. The number of fused-ring (bicyclic) bond motifs is 1. The molecule has 6 nitrogen and oxygen atoms in total. The molecule has 3 heterocycles. The average molecular weight is 445 g/mol. The van der Waals surface area contributed by atoms with Gasteiger partial charge in [0, 0.05) is 32.7 Å². The van der Waals surface area contributed by atoms with Crippen LogP contribution in [-0.4, -0.2) is 53.6 Å². The van der Waals surface area contributed by atoms with Crippen molar-refractivity contribution in [1.29, 1.82) is 0 Å². The molecule has 8 heteroatoms. The largest absolute Gasteiger partial charge is 0.462 e. The van der Waals surface area contributed by atoms with Crippen LogP contribution in [0.3, 0.4) is 0 Å². The summed E-state index contributed by atoms with van der Waals surface area (Å²) in [6, 6.07) is 10.5. The van der Waals surface area contributed by atoms with Gasteiger partial charge in [0.25, 0.3) is 0 Å². The van der Waals surface area contributed by atoms with Gasteiger partial charge in [-0.3, -0.25) is 4.90 Å². The lowest BCUT2D eigenvalue weighted by Crippen LogP contribution is -2.46. The second kappa shape index (κ2) is 9.29. The first kappa shape index (κ1) is 21.0. The number of esters is 1. The number of nitrogens with zero attached hydrogens (tertiary/aromatic N) is 4.